The van der Waals surface area contributed by atoms with Crippen molar-refractivity contribution in [2.24, 2.45) is 0 Å². The molecule has 1 amide bonds. The van der Waals surface area contributed by atoms with Crippen molar-refractivity contribution in [3.05, 3.63) is 29.0 Å². The smallest absolute Gasteiger partial charge is 0.226 e. The summed E-state index contributed by atoms with van der Waals surface area (Å²) in [6.45, 7) is 2.22. The number of nitrogens with zero attached hydrogens (tertiary/aromatic N) is 1. The molecule has 2 heterocycles. The van der Waals surface area contributed by atoms with Crippen LogP contribution in [0.3, 0.4) is 0 Å². The van der Waals surface area contributed by atoms with Gasteiger partial charge in [-0.25, -0.2) is 4.98 Å². The Morgan fingerprint density at radius 1 is 1.39 bits per heavy atom. The summed E-state index contributed by atoms with van der Waals surface area (Å²) in [6.07, 6.45) is 5.00. The molecule has 23 heavy (non-hydrogen) atoms. The van der Waals surface area contributed by atoms with Gasteiger partial charge in [-0.05, 0) is 31.9 Å². The molecular weight excluding hydrogens is 312 g/mol. The average Bonchev–Trinajstić information content (AvgIpc) is 3.15. The third-order valence-corrected chi connectivity index (χ3v) is 5.15. The molecule has 1 fully saturated rings. The number of aliphatic hydroxyl groups is 1. The number of carbonyl (C=O) groups is 1. The second-order valence-corrected chi connectivity index (χ2v) is 7.15. The molecule has 0 unspecified atom stereocenters. The largest absolute Gasteiger partial charge is 0.459 e. The Balaban J connectivity index is 1.53. The second-order valence-electron chi connectivity index (χ2n) is 6.29. The van der Waals surface area contributed by atoms with Crippen molar-refractivity contribution in [1.82, 2.24) is 10.3 Å². The number of aryl methyl sites for hydroxylation is 1. The molecule has 3 rings (SSSR count). The molecule has 2 N–H and O–H groups in total. The van der Waals surface area contributed by atoms with E-state index in [9.17, 15) is 9.90 Å². The van der Waals surface area contributed by atoms with Crippen LogP contribution in [0.25, 0.3) is 10.8 Å². The van der Waals surface area contributed by atoms with E-state index in [1.165, 1.54) is 17.8 Å². The van der Waals surface area contributed by atoms with E-state index in [-0.39, 0.29) is 12.3 Å². The van der Waals surface area contributed by atoms with Crippen molar-refractivity contribution in [3.63, 3.8) is 0 Å². The van der Waals surface area contributed by atoms with Gasteiger partial charge in [-0.2, -0.15) is 0 Å². The highest BCUT2D eigenvalue weighted by molar-refractivity contribution is 7.13. The fourth-order valence-corrected chi connectivity index (χ4v) is 3.71. The molecule has 0 saturated heterocycles. The number of aromatic nitrogens is 1. The van der Waals surface area contributed by atoms with Crippen LogP contribution in [0.1, 0.15) is 43.6 Å². The number of hydrogen-bond acceptors (Lipinski definition) is 5. The number of carbonyl (C=O) groups excluding carboxylic acids is 1. The minimum absolute atomic E-state index is 0.100. The summed E-state index contributed by atoms with van der Waals surface area (Å²) >= 11 is 1.47. The molecule has 0 radical (unpaired) electrons. The van der Waals surface area contributed by atoms with Crippen LogP contribution in [-0.4, -0.2) is 28.1 Å². The summed E-state index contributed by atoms with van der Waals surface area (Å²) in [4.78, 5) is 16.5. The average molecular weight is 334 g/mol. The second kappa shape index (κ2) is 6.84. The van der Waals surface area contributed by atoms with Gasteiger partial charge in [0.15, 0.2) is 10.8 Å². The van der Waals surface area contributed by atoms with Gasteiger partial charge in [0.1, 0.15) is 5.76 Å². The summed E-state index contributed by atoms with van der Waals surface area (Å²) in [5.74, 6) is 1.47. The molecule has 124 valence electrons. The first-order valence-electron chi connectivity index (χ1n) is 8.04. The fourth-order valence-electron chi connectivity index (χ4n) is 2.93. The molecule has 0 aromatic carbocycles. The van der Waals surface area contributed by atoms with Gasteiger partial charge in [-0.1, -0.05) is 19.3 Å². The van der Waals surface area contributed by atoms with Crippen molar-refractivity contribution in [2.45, 2.75) is 51.0 Å². The van der Waals surface area contributed by atoms with Crippen LogP contribution in [0.2, 0.25) is 0 Å². The van der Waals surface area contributed by atoms with E-state index in [1.807, 2.05) is 24.4 Å². The zero-order chi connectivity index (χ0) is 16.3. The minimum Gasteiger partial charge on any atom is -0.459 e. The number of rotatable bonds is 5. The quantitative estimate of drug-likeness (QED) is 0.881. The topological polar surface area (TPSA) is 75.4 Å². The Morgan fingerprint density at radius 2 is 2.17 bits per heavy atom. The van der Waals surface area contributed by atoms with Crippen LogP contribution in [0.4, 0.5) is 0 Å². The molecular formula is C17H22N2O3S. The molecule has 6 heteroatoms. The van der Waals surface area contributed by atoms with Crippen molar-refractivity contribution in [2.75, 3.05) is 6.54 Å². The first kappa shape index (κ1) is 16.2. The van der Waals surface area contributed by atoms with Crippen molar-refractivity contribution < 1.29 is 14.3 Å². The van der Waals surface area contributed by atoms with Crippen LogP contribution in [-0.2, 0) is 11.2 Å². The monoisotopic (exact) mass is 334 g/mol. The minimum atomic E-state index is -0.729. The summed E-state index contributed by atoms with van der Waals surface area (Å²) in [5.41, 5.74) is -0.000448. The highest BCUT2D eigenvalue weighted by Gasteiger charge is 2.29. The van der Waals surface area contributed by atoms with Gasteiger partial charge in [-0.15, -0.1) is 11.3 Å². The lowest BCUT2D eigenvalue weighted by molar-refractivity contribution is -0.122. The maximum absolute atomic E-state index is 12.1. The number of hydrogen-bond donors (Lipinski definition) is 2. The Labute approximate surface area is 139 Å². The van der Waals surface area contributed by atoms with Crippen LogP contribution >= 0.6 is 11.3 Å². The SMILES string of the molecule is Cc1ccc(-c2nc(CC(=O)NCC3(O)CCCCC3)cs2)o1. The zero-order valence-corrected chi connectivity index (χ0v) is 14.1. The van der Waals surface area contributed by atoms with Crippen LogP contribution < -0.4 is 5.32 Å². The van der Waals surface area contributed by atoms with Crippen LogP contribution in [0, 0.1) is 6.92 Å². The van der Waals surface area contributed by atoms with Crippen LogP contribution in [0.15, 0.2) is 21.9 Å². The Bertz CT molecular complexity index is 671. The summed E-state index contributed by atoms with van der Waals surface area (Å²) in [5, 5.41) is 15.9. The maximum atomic E-state index is 12.1. The van der Waals surface area contributed by atoms with Gasteiger partial charge in [0.2, 0.25) is 5.91 Å². The van der Waals surface area contributed by atoms with E-state index in [4.69, 9.17) is 4.42 Å². The molecule has 5 nitrogen and oxygen atoms in total. The van der Waals surface area contributed by atoms with Gasteiger partial charge < -0.3 is 14.8 Å². The van der Waals surface area contributed by atoms with Gasteiger partial charge in [0.05, 0.1) is 17.7 Å². The summed E-state index contributed by atoms with van der Waals surface area (Å²) < 4.78 is 5.54. The zero-order valence-electron chi connectivity index (χ0n) is 13.3. The lowest BCUT2D eigenvalue weighted by Gasteiger charge is -2.32. The standard InChI is InChI=1S/C17H22N2O3S/c1-12-5-6-14(22-12)16-19-13(10-23-16)9-15(20)18-11-17(21)7-3-2-4-8-17/h5-6,10,21H,2-4,7-9,11H2,1H3,(H,18,20). The molecule has 0 spiro atoms. The Kier molecular flexibility index (Phi) is 4.82. The molecule has 1 aliphatic rings. The van der Waals surface area contributed by atoms with Gasteiger partial charge in [0, 0.05) is 11.9 Å². The van der Waals surface area contributed by atoms with E-state index in [1.54, 1.807) is 0 Å². The summed E-state index contributed by atoms with van der Waals surface area (Å²) in [7, 11) is 0. The molecule has 1 saturated carbocycles. The van der Waals surface area contributed by atoms with Gasteiger partial charge in [0.25, 0.3) is 0 Å². The number of furan rings is 1. The Morgan fingerprint density at radius 3 is 2.87 bits per heavy atom. The molecule has 2 aromatic rings. The van der Waals surface area contributed by atoms with E-state index >= 15 is 0 Å². The predicted octanol–water partition coefficient (Wildman–Crippen LogP) is 3.07. The predicted molar refractivity (Wildman–Crippen MR) is 89.3 cm³/mol. The van der Waals surface area contributed by atoms with E-state index in [0.717, 1.165) is 47.9 Å². The van der Waals surface area contributed by atoms with E-state index < -0.39 is 5.60 Å². The lowest BCUT2D eigenvalue weighted by atomic mass is 9.85. The van der Waals surface area contributed by atoms with Crippen molar-refractivity contribution in [1.29, 1.82) is 0 Å². The van der Waals surface area contributed by atoms with Crippen molar-refractivity contribution in [3.8, 4) is 10.8 Å². The third-order valence-electron chi connectivity index (χ3n) is 4.24. The number of thiazole rings is 1. The molecule has 0 atom stereocenters. The van der Waals surface area contributed by atoms with Gasteiger partial charge in [-0.3, -0.25) is 4.79 Å². The molecule has 0 bridgehead atoms. The number of nitrogens with one attached hydrogen (secondary N) is 1. The summed E-state index contributed by atoms with van der Waals surface area (Å²) in [6, 6.07) is 3.78. The molecule has 2 aromatic heterocycles. The van der Waals surface area contributed by atoms with Crippen molar-refractivity contribution >= 4 is 17.2 Å². The molecule has 0 aliphatic heterocycles. The fraction of sp³-hybridized carbons (Fsp3) is 0.529. The van der Waals surface area contributed by atoms with Crippen LogP contribution in [0.5, 0.6) is 0 Å². The molecule has 1 aliphatic carbocycles. The highest BCUT2D eigenvalue weighted by atomic mass is 32.1. The first-order valence-corrected chi connectivity index (χ1v) is 8.92. The van der Waals surface area contributed by atoms with Gasteiger partial charge >= 0.3 is 0 Å². The number of amides is 1. The first-order chi connectivity index (χ1) is 11.0. The maximum Gasteiger partial charge on any atom is 0.226 e. The Hall–Kier alpha value is -1.66. The normalized spacial score (nSPS) is 17.1. The lowest BCUT2D eigenvalue weighted by Crippen LogP contribution is -2.44. The highest BCUT2D eigenvalue weighted by Crippen LogP contribution is 2.27. The third kappa shape index (κ3) is 4.20. The van der Waals surface area contributed by atoms with E-state index in [2.05, 4.69) is 10.3 Å². The van der Waals surface area contributed by atoms with E-state index in [0.29, 0.717) is 6.54 Å².